The molecule has 2 aromatic rings. The predicted octanol–water partition coefficient (Wildman–Crippen LogP) is 3.04. The Morgan fingerprint density at radius 1 is 1.35 bits per heavy atom. The summed E-state index contributed by atoms with van der Waals surface area (Å²) in [5.41, 5.74) is 2.21. The summed E-state index contributed by atoms with van der Waals surface area (Å²) in [4.78, 5) is 4.28. The molecule has 0 fully saturated rings. The summed E-state index contributed by atoms with van der Waals surface area (Å²) in [5, 5.41) is 4.04. The van der Waals surface area contributed by atoms with E-state index in [9.17, 15) is 0 Å². The van der Waals surface area contributed by atoms with E-state index in [1.54, 1.807) is 18.0 Å². The van der Waals surface area contributed by atoms with Crippen LogP contribution in [0.15, 0.2) is 46.2 Å². The van der Waals surface area contributed by atoms with Gasteiger partial charge in [-0.15, -0.1) is 0 Å². The number of hydrogen-bond donors (Lipinski definition) is 1. The lowest BCUT2D eigenvalue weighted by atomic mass is 10.1. The number of hydrogen-bond acceptors (Lipinski definition) is 4. The van der Waals surface area contributed by atoms with Gasteiger partial charge in [0.2, 0.25) is 0 Å². The maximum Gasteiger partial charge on any atom is 0.255 e. The van der Waals surface area contributed by atoms with Gasteiger partial charge < -0.3 is 9.73 Å². The summed E-state index contributed by atoms with van der Waals surface area (Å²) >= 11 is 1.63. The third kappa shape index (κ3) is 3.35. The van der Waals surface area contributed by atoms with Crippen LogP contribution in [0.4, 0.5) is 0 Å². The predicted molar refractivity (Wildman–Crippen MR) is 70.2 cm³/mol. The second-order valence-corrected chi connectivity index (χ2v) is 4.79. The van der Waals surface area contributed by atoms with Crippen LogP contribution in [0.25, 0.3) is 0 Å². The van der Waals surface area contributed by atoms with E-state index in [0.29, 0.717) is 6.04 Å². The SMILES string of the molecule is CNC(CSc1nc(C)co1)c1ccccc1. The van der Waals surface area contributed by atoms with Crippen molar-refractivity contribution in [1.29, 1.82) is 0 Å². The van der Waals surface area contributed by atoms with Gasteiger partial charge >= 0.3 is 0 Å². The van der Waals surface area contributed by atoms with Crippen LogP contribution >= 0.6 is 11.8 Å². The molecule has 0 aliphatic carbocycles. The Balaban J connectivity index is 1.97. The van der Waals surface area contributed by atoms with E-state index >= 15 is 0 Å². The third-order valence-corrected chi connectivity index (χ3v) is 3.46. The number of rotatable bonds is 5. The number of nitrogens with one attached hydrogen (secondary N) is 1. The summed E-state index contributed by atoms with van der Waals surface area (Å²) < 4.78 is 5.32. The van der Waals surface area contributed by atoms with E-state index in [2.05, 4.69) is 34.6 Å². The summed E-state index contributed by atoms with van der Waals surface area (Å²) in [6.45, 7) is 1.93. The summed E-state index contributed by atoms with van der Waals surface area (Å²) in [6, 6.07) is 10.7. The summed E-state index contributed by atoms with van der Waals surface area (Å²) in [5.74, 6) is 0.903. The van der Waals surface area contributed by atoms with Gasteiger partial charge in [-0.2, -0.15) is 0 Å². The molecule has 2 rings (SSSR count). The smallest absolute Gasteiger partial charge is 0.255 e. The van der Waals surface area contributed by atoms with Crippen molar-refractivity contribution in [3.05, 3.63) is 47.9 Å². The normalized spacial score (nSPS) is 12.6. The Hall–Kier alpha value is -1.26. The molecular formula is C13H16N2OS. The Bertz CT molecular complexity index is 455. The first-order valence-electron chi connectivity index (χ1n) is 5.56. The first-order chi connectivity index (χ1) is 8.29. The highest BCUT2D eigenvalue weighted by Gasteiger charge is 2.11. The van der Waals surface area contributed by atoms with E-state index in [-0.39, 0.29) is 0 Å². The standard InChI is InChI=1S/C13H16N2OS/c1-10-8-16-13(15-10)17-9-12(14-2)11-6-4-3-5-7-11/h3-8,12,14H,9H2,1-2H3. The lowest BCUT2D eigenvalue weighted by Gasteiger charge is -2.14. The van der Waals surface area contributed by atoms with E-state index in [1.165, 1.54) is 5.56 Å². The molecule has 1 N–H and O–H groups in total. The molecule has 0 saturated carbocycles. The molecule has 0 spiro atoms. The Kier molecular flexibility index (Phi) is 4.23. The number of thioether (sulfide) groups is 1. The fourth-order valence-corrected chi connectivity index (χ4v) is 2.58. The van der Waals surface area contributed by atoms with Crippen LogP contribution in [0.2, 0.25) is 0 Å². The topological polar surface area (TPSA) is 38.1 Å². The van der Waals surface area contributed by atoms with Crippen molar-refractivity contribution in [3.8, 4) is 0 Å². The number of nitrogens with zero attached hydrogens (tertiary/aromatic N) is 1. The quantitative estimate of drug-likeness (QED) is 0.825. The molecule has 1 aromatic heterocycles. The second-order valence-electron chi connectivity index (χ2n) is 3.82. The van der Waals surface area contributed by atoms with Crippen LogP contribution < -0.4 is 5.32 Å². The van der Waals surface area contributed by atoms with Gasteiger partial charge in [0, 0.05) is 11.8 Å². The van der Waals surface area contributed by atoms with Crippen molar-refractivity contribution in [2.45, 2.75) is 18.2 Å². The highest BCUT2D eigenvalue weighted by atomic mass is 32.2. The molecule has 0 amide bonds. The minimum atomic E-state index is 0.313. The van der Waals surface area contributed by atoms with Gasteiger partial charge in [-0.25, -0.2) is 4.98 Å². The number of oxazole rings is 1. The van der Waals surface area contributed by atoms with Crippen LogP contribution in [-0.2, 0) is 0 Å². The average Bonchev–Trinajstić information content (AvgIpc) is 2.77. The van der Waals surface area contributed by atoms with Crippen molar-refractivity contribution in [1.82, 2.24) is 10.3 Å². The van der Waals surface area contributed by atoms with E-state index in [1.807, 2.05) is 20.0 Å². The molecule has 1 unspecified atom stereocenters. The molecule has 0 aliphatic rings. The van der Waals surface area contributed by atoms with Crippen molar-refractivity contribution < 1.29 is 4.42 Å². The molecule has 0 radical (unpaired) electrons. The highest BCUT2D eigenvalue weighted by molar-refractivity contribution is 7.99. The molecule has 17 heavy (non-hydrogen) atoms. The van der Waals surface area contributed by atoms with E-state index in [0.717, 1.165) is 16.7 Å². The molecule has 3 nitrogen and oxygen atoms in total. The van der Waals surface area contributed by atoms with Crippen molar-refractivity contribution in [2.75, 3.05) is 12.8 Å². The minimum Gasteiger partial charge on any atom is -0.440 e. The largest absolute Gasteiger partial charge is 0.440 e. The fraction of sp³-hybridized carbons (Fsp3) is 0.308. The Morgan fingerprint density at radius 2 is 2.12 bits per heavy atom. The molecule has 4 heteroatoms. The summed E-state index contributed by atoms with van der Waals surface area (Å²) in [7, 11) is 1.97. The molecule has 0 bridgehead atoms. The van der Waals surface area contributed by atoms with Crippen molar-refractivity contribution in [2.24, 2.45) is 0 Å². The van der Waals surface area contributed by atoms with Gasteiger partial charge in [-0.1, -0.05) is 42.1 Å². The zero-order chi connectivity index (χ0) is 12.1. The molecule has 90 valence electrons. The molecule has 1 heterocycles. The second kappa shape index (κ2) is 5.89. The monoisotopic (exact) mass is 248 g/mol. The zero-order valence-corrected chi connectivity index (χ0v) is 10.8. The minimum absolute atomic E-state index is 0.313. The van der Waals surface area contributed by atoms with Gasteiger partial charge in [0.25, 0.3) is 5.22 Å². The lowest BCUT2D eigenvalue weighted by molar-refractivity contribution is 0.453. The van der Waals surface area contributed by atoms with Gasteiger partial charge in [-0.3, -0.25) is 0 Å². The van der Waals surface area contributed by atoms with Gasteiger partial charge in [0.05, 0.1) is 5.69 Å². The van der Waals surface area contributed by atoms with Crippen LogP contribution in [0, 0.1) is 6.92 Å². The third-order valence-electron chi connectivity index (χ3n) is 2.52. The summed E-state index contributed by atoms with van der Waals surface area (Å²) in [6.07, 6.45) is 1.68. The van der Waals surface area contributed by atoms with Gasteiger partial charge in [0.1, 0.15) is 6.26 Å². The van der Waals surface area contributed by atoms with E-state index < -0.39 is 0 Å². The molecule has 1 atom stereocenters. The molecule has 0 aliphatic heterocycles. The molecule has 1 aromatic carbocycles. The maximum atomic E-state index is 5.32. The van der Waals surface area contributed by atoms with Crippen molar-refractivity contribution in [3.63, 3.8) is 0 Å². The number of aromatic nitrogens is 1. The van der Waals surface area contributed by atoms with Crippen LogP contribution in [0.1, 0.15) is 17.3 Å². The molecular weight excluding hydrogens is 232 g/mol. The number of aryl methyl sites for hydroxylation is 1. The molecule has 0 saturated heterocycles. The first-order valence-corrected chi connectivity index (χ1v) is 6.55. The zero-order valence-electron chi connectivity index (χ0n) is 10.0. The van der Waals surface area contributed by atoms with Gasteiger partial charge in [0.15, 0.2) is 0 Å². The maximum absolute atomic E-state index is 5.32. The van der Waals surface area contributed by atoms with E-state index in [4.69, 9.17) is 4.42 Å². The number of benzene rings is 1. The first kappa shape index (κ1) is 12.2. The average molecular weight is 248 g/mol. The van der Waals surface area contributed by atoms with Crippen LogP contribution in [0.3, 0.4) is 0 Å². The van der Waals surface area contributed by atoms with Gasteiger partial charge in [-0.05, 0) is 19.5 Å². The van der Waals surface area contributed by atoms with Crippen LogP contribution in [-0.4, -0.2) is 17.8 Å². The highest BCUT2D eigenvalue weighted by Crippen LogP contribution is 2.23. The Morgan fingerprint density at radius 3 is 2.71 bits per heavy atom. The lowest BCUT2D eigenvalue weighted by Crippen LogP contribution is -2.18. The Labute approximate surface area is 106 Å². The van der Waals surface area contributed by atoms with Crippen LogP contribution in [0.5, 0.6) is 0 Å². The van der Waals surface area contributed by atoms with Crippen molar-refractivity contribution >= 4 is 11.8 Å². The fourth-order valence-electron chi connectivity index (χ4n) is 1.58.